The summed E-state index contributed by atoms with van der Waals surface area (Å²) in [4.78, 5) is 22.8. The third-order valence-corrected chi connectivity index (χ3v) is 6.39. The van der Waals surface area contributed by atoms with E-state index in [2.05, 4.69) is 45.5 Å². The molecule has 1 aromatic carbocycles. The van der Waals surface area contributed by atoms with Crippen LogP contribution in [0, 0.1) is 5.92 Å². The molecule has 0 amide bonds. The van der Waals surface area contributed by atoms with Crippen molar-refractivity contribution < 1.29 is 9.90 Å². The maximum absolute atomic E-state index is 11.2. The Hall–Kier alpha value is -3.00. The molecule has 0 saturated heterocycles. The molecule has 5 rings (SSSR count). The van der Waals surface area contributed by atoms with Crippen molar-refractivity contribution in [1.82, 2.24) is 24.6 Å². The Kier molecular flexibility index (Phi) is 4.86. The van der Waals surface area contributed by atoms with Crippen molar-refractivity contribution >= 4 is 28.6 Å². The number of carboxylic acid groups (broad SMARTS) is 1. The van der Waals surface area contributed by atoms with Gasteiger partial charge in [0.1, 0.15) is 0 Å². The maximum atomic E-state index is 11.2. The first-order valence-corrected chi connectivity index (χ1v) is 10.6. The van der Waals surface area contributed by atoms with Crippen molar-refractivity contribution in [3.05, 3.63) is 41.7 Å². The number of fused-ring (bicyclic) bond motifs is 2. The van der Waals surface area contributed by atoms with Crippen molar-refractivity contribution in [3.63, 3.8) is 0 Å². The number of nitrogens with zero attached hydrogens (tertiary/aromatic N) is 5. The second-order valence-corrected chi connectivity index (χ2v) is 8.50. The summed E-state index contributed by atoms with van der Waals surface area (Å²) in [5.74, 6) is -0.380. The molecule has 0 atom stereocenters. The average molecular weight is 406 g/mol. The zero-order valence-corrected chi connectivity index (χ0v) is 17.1. The molecular formula is C22H26N6O2. The van der Waals surface area contributed by atoms with Crippen molar-refractivity contribution in [2.24, 2.45) is 5.92 Å². The number of carbonyl (C=O) groups is 1. The molecule has 3 aromatic rings. The fourth-order valence-corrected chi connectivity index (χ4v) is 4.64. The molecule has 1 aliphatic carbocycles. The van der Waals surface area contributed by atoms with E-state index in [4.69, 9.17) is 4.98 Å². The summed E-state index contributed by atoms with van der Waals surface area (Å²) >= 11 is 0. The van der Waals surface area contributed by atoms with Gasteiger partial charge < -0.3 is 15.3 Å². The van der Waals surface area contributed by atoms with Gasteiger partial charge in [0.25, 0.3) is 0 Å². The number of benzene rings is 1. The normalized spacial score (nSPS) is 22.0. The van der Waals surface area contributed by atoms with Gasteiger partial charge in [0, 0.05) is 25.0 Å². The third-order valence-electron chi connectivity index (χ3n) is 6.39. The highest BCUT2D eigenvalue weighted by atomic mass is 16.4. The van der Waals surface area contributed by atoms with Gasteiger partial charge in [-0.25, -0.2) is 9.67 Å². The van der Waals surface area contributed by atoms with E-state index >= 15 is 0 Å². The number of likely N-dealkylation sites (N-methyl/N-ethyl adjacent to an activating group) is 1. The van der Waals surface area contributed by atoms with E-state index in [1.807, 2.05) is 4.68 Å². The van der Waals surface area contributed by atoms with Gasteiger partial charge in [0.05, 0.1) is 23.5 Å². The van der Waals surface area contributed by atoms with E-state index in [0.717, 1.165) is 49.1 Å². The lowest BCUT2D eigenvalue weighted by Gasteiger charge is -2.26. The molecule has 1 saturated carbocycles. The van der Waals surface area contributed by atoms with Crippen LogP contribution in [0.4, 0.5) is 11.6 Å². The third kappa shape index (κ3) is 3.63. The number of aromatic nitrogens is 4. The van der Waals surface area contributed by atoms with Crippen LogP contribution in [-0.2, 0) is 17.8 Å². The maximum Gasteiger partial charge on any atom is 0.306 e. The van der Waals surface area contributed by atoms with Crippen LogP contribution in [0.25, 0.3) is 11.0 Å². The van der Waals surface area contributed by atoms with Crippen LogP contribution >= 0.6 is 0 Å². The Labute approximate surface area is 174 Å². The molecule has 0 radical (unpaired) electrons. The first-order chi connectivity index (χ1) is 14.6. The topological polar surface area (TPSA) is 96.2 Å². The molecule has 156 valence electrons. The predicted molar refractivity (Wildman–Crippen MR) is 114 cm³/mol. The van der Waals surface area contributed by atoms with Crippen molar-refractivity contribution in [2.75, 3.05) is 18.9 Å². The second-order valence-electron chi connectivity index (χ2n) is 8.50. The van der Waals surface area contributed by atoms with Gasteiger partial charge in [0.15, 0.2) is 5.65 Å². The first kappa shape index (κ1) is 19.0. The minimum Gasteiger partial charge on any atom is -0.481 e. The van der Waals surface area contributed by atoms with Crippen LogP contribution < -0.4 is 5.32 Å². The summed E-state index contributed by atoms with van der Waals surface area (Å²) in [5, 5.41) is 18.0. The fraction of sp³-hybridized carbons (Fsp3) is 0.455. The minimum atomic E-state index is -0.691. The molecule has 2 aromatic heterocycles. The highest BCUT2D eigenvalue weighted by molar-refractivity contribution is 5.75. The molecule has 0 unspecified atom stereocenters. The highest BCUT2D eigenvalue weighted by Crippen LogP contribution is 2.33. The Morgan fingerprint density at radius 3 is 2.80 bits per heavy atom. The molecule has 0 bridgehead atoms. The molecule has 2 aliphatic rings. The van der Waals surface area contributed by atoms with E-state index in [-0.39, 0.29) is 12.0 Å². The van der Waals surface area contributed by atoms with E-state index in [1.165, 1.54) is 11.1 Å². The molecule has 3 heterocycles. The molecule has 2 N–H and O–H groups in total. The van der Waals surface area contributed by atoms with E-state index in [0.29, 0.717) is 18.8 Å². The van der Waals surface area contributed by atoms with Gasteiger partial charge in [-0.1, -0.05) is 6.07 Å². The molecule has 0 spiro atoms. The monoisotopic (exact) mass is 406 g/mol. The quantitative estimate of drug-likeness (QED) is 0.686. The Morgan fingerprint density at radius 2 is 2.00 bits per heavy atom. The summed E-state index contributed by atoms with van der Waals surface area (Å²) in [6.45, 7) is 2.05. The summed E-state index contributed by atoms with van der Waals surface area (Å²) in [7, 11) is 2.14. The SMILES string of the molecule is CN1CCc2ccc(Nc3ncc4cnn(C5CCC(C(=O)O)CC5)c4n3)cc2C1. The number of hydrogen-bond donors (Lipinski definition) is 2. The van der Waals surface area contributed by atoms with Crippen LogP contribution in [0.3, 0.4) is 0 Å². The first-order valence-electron chi connectivity index (χ1n) is 10.6. The van der Waals surface area contributed by atoms with Crippen LogP contribution in [0.5, 0.6) is 0 Å². The molecule has 1 fully saturated rings. The fourth-order valence-electron chi connectivity index (χ4n) is 4.64. The Bertz CT molecular complexity index is 1090. The Balaban J connectivity index is 1.37. The number of carboxylic acids is 1. The van der Waals surface area contributed by atoms with Gasteiger partial charge in [-0.2, -0.15) is 10.1 Å². The van der Waals surface area contributed by atoms with Crippen LogP contribution in [-0.4, -0.2) is 49.3 Å². The largest absolute Gasteiger partial charge is 0.481 e. The zero-order valence-electron chi connectivity index (χ0n) is 17.1. The van der Waals surface area contributed by atoms with E-state index < -0.39 is 5.97 Å². The number of nitrogens with one attached hydrogen (secondary N) is 1. The Morgan fingerprint density at radius 1 is 1.17 bits per heavy atom. The van der Waals surface area contributed by atoms with Crippen molar-refractivity contribution in [2.45, 2.75) is 44.7 Å². The summed E-state index contributed by atoms with van der Waals surface area (Å²) in [5.41, 5.74) is 4.53. The van der Waals surface area contributed by atoms with Gasteiger partial charge in [0.2, 0.25) is 5.95 Å². The zero-order chi connectivity index (χ0) is 20.7. The van der Waals surface area contributed by atoms with Gasteiger partial charge >= 0.3 is 5.97 Å². The predicted octanol–water partition coefficient (Wildman–Crippen LogP) is 3.37. The summed E-state index contributed by atoms with van der Waals surface area (Å²) in [6.07, 6.45) is 7.64. The lowest BCUT2D eigenvalue weighted by Crippen LogP contribution is -2.26. The van der Waals surface area contributed by atoms with E-state index in [9.17, 15) is 9.90 Å². The van der Waals surface area contributed by atoms with Gasteiger partial charge in [-0.15, -0.1) is 0 Å². The lowest BCUT2D eigenvalue weighted by atomic mass is 9.86. The van der Waals surface area contributed by atoms with Crippen LogP contribution in [0.15, 0.2) is 30.6 Å². The molecular weight excluding hydrogens is 380 g/mol. The van der Waals surface area contributed by atoms with Crippen molar-refractivity contribution in [3.8, 4) is 0 Å². The molecule has 30 heavy (non-hydrogen) atoms. The number of hydrogen-bond acceptors (Lipinski definition) is 6. The summed E-state index contributed by atoms with van der Waals surface area (Å²) in [6, 6.07) is 6.64. The average Bonchev–Trinajstić information content (AvgIpc) is 3.17. The van der Waals surface area contributed by atoms with Gasteiger partial charge in [-0.05, 0) is 62.4 Å². The minimum absolute atomic E-state index is 0.181. The van der Waals surface area contributed by atoms with Crippen LogP contribution in [0.1, 0.15) is 42.9 Å². The van der Waals surface area contributed by atoms with Gasteiger partial charge in [-0.3, -0.25) is 4.79 Å². The highest BCUT2D eigenvalue weighted by Gasteiger charge is 2.28. The summed E-state index contributed by atoms with van der Waals surface area (Å²) < 4.78 is 1.95. The number of rotatable bonds is 4. The van der Waals surface area contributed by atoms with Crippen molar-refractivity contribution in [1.29, 1.82) is 0 Å². The smallest absolute Gasteiger partial charge is 0.306 e. The standard InChI is InChI=1S/C22H26N6O2/c1-27-9-8-14-2-5-18(10-16(14)13-27)25-22-23-11-17-12-24-28(20(17)26-22)19-6-3-15(4-7-19)21(29)30/h2,5,10-12,15,19H,3-4,6-9,13H2,1H3,(H,29,30)(H,23,25,26). The molecule has 8 nitrogen and oxygen atoms in total. The second kappa shape index (κ2) is 7.68. The molecule has 1 aliphatic heterocycles. The van der Waals surface area contributed by atoms with Crippen LogP contribution in [0.2, 0.25) is 0 Å². The number of anilines is 2. The lowest BCUT2D eigenvalue weighted by molar-refractivity contribution is -0.143. The number of aliphatic carboxylic acids is 1. The molecule has 8 heteroatoms. The van der Waals surface area contributed by atoms with E-state index in [1.54, 1.807) is 12.4 Å².